The molecule has 5 heteroatoms. The van der Waals surface area contributed by atoms with E-state index >= 15 is 0 Å². The second-order valence-corrected chi connectivity index (χ2v) is 6.32. The third kappa shape index (κ3) is 3.32. The third-order valence-electron chi connectivity index (χ3n) is 4.14. The molecule has 0 saturated carbocycles. The predicted octanol–water partition coefficient (Wildman–Crippen LogP) is 5.08. The number of pyridine rings is 1. The lowest BCUT2D eigenvalue weighted by atomic mass is 10.1. The summed E-state index contributed by atoms with van der Waals surface area (Å²) >= 11 is 5.96. The van der Waals surface area contributed by atoms with E-state index in [1.165, 1.54) is 0 Å². The van der Waals surface area contributed by atoms with Gasteiger partial charge in [-0.1, -0.05) is 35.9 Å². The molecule has 0 unspecified atom stereocenters. The Hall–Kier alpha value is -3.11. The van der Waals surface area contributed by atoms with Crippen LogP contribution in [0, 0.1) is 0 Å². The maximum absolute atomic E-state index is 12.3. The Labute approximate surface area is 155 Å². The summed E-state index contributed by atoms with van der Waals surface area (Å²) in [6, 6.07) is 18.5. The molecule has 2 heterocycles. The van der Waals surface area contributed by atoms with Crippen LogP contribution in [0.4, 0.5) is 0 Å². The van der Waals surface area contributed by atoms with Gasteiger partial charge in [-0.3, -0.25) is 9.78 Å². The number of fused-ring (bicyclic) bond motifs is 1. The van der Waals surface area contributed by atoms with Gasteiger partial charge in [0.05, 0.1) is 12.0 Å². The van der Waals surface area contributed by atoms with Gasteiger partial charge in [-0.25, -0.2) is 0 Å². The molecule has 26 heavy (non-hydrogen) atoms. The van der Waals surface area contributed by atoms with Crippen molar-refractivity contribution in [2.45, 2.75) is 6.54 Å². The van der Waals surface area contributed by atoms with Gasteiger partial charge in [0, 0.05) is 34.3 Å². The highest BCUT2D eigenvalue weighted by Gasteiger charge is 2.10. The number of carbonyl (C=O) groups excluding carboxylic acids is 1. The first-order valence-electron chi connectivity index (χ1n) is 8.16. The van der Waals surface area contributed by atoms with Crippen molar-refractivity contribution in [1.82, 2.24) is 10.3 Å². The molecular formula is C21H15ClN2O2. The maximum atomic E-state index is 12.3. The molecule has 1 amide bonds. The van der Waals surface area contributed by atoms with Crippen LogP contribution in [0.15, 0.2) is 77.5 Å². The molecule has 0 saturated heterocycles. The van der Waals surface area contributed by atoms with Gasteiger partial charge in [0.2, 0.25) is 0 Å². The molecule has 0 atom stereocenters. The van der Waals surface area contributed by atoms with Crippen LogP contribution in [0.5, 0.6) is 0 Å². The summed E-state index contributed by atoms with van der Waals surface area (Å²) in [4.78, 5) is 16.8. The number of hydrogen-bond donors (Lipinski definition) is 1. The molecule has 0 fully saturated rings. The van der Waals surface area contributed by atoms with Gasteiger partial charge >= 0.3 is 0 Å². The molecule has 4 nitrogen and oxygen atoms in total. The number of benzene rings is 2. The van der Waals surface area contributed by atoms with Crippen LogP contribution >= 0.6 is 11.6 Å². The van der Waals surface area contributed by atoms with Crippen molar-refractivity contribution in [3.8, 4) is 11.3 Å². The predicted molar refractivity (Wildman–Crippen MR) is 102 cm³/mol. The van der Waals surface area contributed by atoms with Gasteiger partial charge < -0.3 is 9.73 Å². The number of nitrogens with one attached hydrogen (secondary N) is 1. The number of furan rings is 1. The van der Waals surface area contributed by atoms with Crippen LogP contribution in [0.25, 0.3) is 22.2 Å². The van der Waals surface area contributed by atoms with Gasteiger partial charge in [-0.15, -0.1) is 0 Å². The molecule has 4 aromatic rings. The summed E-state index contributed by atoms with van der Waals surface area (Å²) in [6.45, 7) is 0.428. The molecule has 0 aliphatic rings. The lowest BCUT2D eigenvalue weighted by Gasteiger charge is -2.07. The van der Waals surface area contributed by atoms with Crippen molar-refractivity contribution in [1.29, 1.82) is 0 Å². The van der Waals surface area contributed by atoms with Crippen LogP contribution in [-0.2, 0) is 6.54 Å². The summed E-state index contributed by atoms with van der Waals surface area (Å²) < 4.78 is 5.41. The van der Waals surface area contributed by atoms with Crippen LogP contribution < -0.4 is 5.32 Å². The third-order valence-corrected chi connectivity index (χ3v) is 4.38. The summed E-state index contributed by atoms with van der Waals surface area (Å²) in [5, 5.41) is 4.50. The zero-order chi connectivity index (χ0) is 17.9. The Bertz CT molecular complexity index is 1070. The average molecular weight is 363 g/mol. The Morgan fingerprint density at radius 2 is 1.92 bits per heavy atom. The lowest BCUT2D eigenvalue weighted by molar-refractivity contribution is 0.0951. The van der Waals surface area contributed by atoms with E-state index in [0.717, 1.165) is 27.8 Å². The molecule has 1 N–H and O–H groups in total. The Morgan fingerprint density at radius 3 is 2.73 bits per heavy atom. The average Bonchev–Trinajstić information content (AvgIpc) is 3.15. The van der Waals surface area contributed by atoms with Crippen LogP contribution in [0.1, 0.15) is 15.9 Å². The molecule has 2 aromatic heterocycles. The fraction of sp³-hybridized carbons (Fsp3) is 0.0476. The van der Waals surface area contributed by atoms with E-state index in [9.17, 15) is 4.79 Å². The number of aromatic nitrogens is 1. The maximum Gasteiger partial charge on any atom is 0.251 e. The standard InChI is InChI=1S/C21H15ClN2O2/c22-17-3-1-2-14(12-17)13-24-21(25)16-6-4-15(5-7-16)20-18-9-11-26-19(18)8-10-23-20/h1-12H,13H2,(H,24,25). The molecule has 0 spiro atoms. The van der Waals surface area contributed by atoms with Crippen molar-refractivity contribution < 1.29 is 9.21 Å². The summed E-state index contributed by atoms with van der Waals surface area (Å²) in [7, 11) is 0. The van der Waals surface area contributed by atoms with E-state index in [-0.39, 0.29) is 5.91 Å². The largest absolute Gasteiger partial charge is 0.464 e. The first-order chi connectivity index (χ1) is 12.7. The minimum atomic E-state index is -0.133. The SMILES string of the molecule is O=C(NCc1cccc(Cl)c1)c1ccc(-c2nccc3occc23)cc1. The van der Waals surface area contributed by atoms with Crippen molar-refractivity contribution >= 4 is 28.5 Å². The second kappa shape index (κ2) is 7.02. The number of rotatable bonds is 4. The highest BCUT2D eigenvalue weighted by Crippen LogP contribution is 2.27. The van der Waals surface area contributed by atoms with Crippen LogP contribution in [0.3, 0.4) is 0 Å². The number of amides is 1. The molecule has 128 valence electrons. The van der Waals surface area contributed by atoms with Gasteiger partial charge in [0.25, 0.3) is 5.91 Å². The number of hydrogen-bond acceptors (Lipinski definition) is 3. The molecule has 0 aliphatic heterocycles. The zero-order valence-corrected chi connectivity index (χ0v) is 14.5. The molecule has 4 rings (SSSR count). The number of nitrogens with zero attached hydrogens (tertiary/aromatic N) is 1. The van der Waals surface area contributed by atoms with Crippen molar-refractivity contribution in [3.63, 3.8) is 0 Å². The van der Waals surface area contributed by atoms with Gasteiger partial charge in [0.1, 0.15) is 5.58 Å². The summed E-state index contributed by atoms with van der Waals surface area (Å²) in [6.07, 6.45) is 3.36. The van der Waals surface area contributed by atoms with E-state index in [1.807, 2.05) is 42.5 Å². The first kappa shape index (κ1) is 16.4. The highest BCUT2D eigenvalue weighted by molar-refractivity contribution is 6.30. The highest BCUT2D eigenvalue weighted by atomic mass is 35.5. The molecule has 0 aliphatic carbocycles. The number of halogens is 1. The molecule has 2 aromatic carbocycles. The fourth-order valence-corrected chi connectivity index (χ4v) is 3.05. The van der Waals surface area contributed by atoms with Crippen molar-refractivity contribution in [2.75, 3.05) is 0 Å². The monoisotopic (exact) mass is 362 g/mol. The van der Waals surface area contributed by atoms with E-state index in [1.54, 1.807) is 30.7 Å². The normalized spacial score (nSPS) is 10.8. The van der Waals surface area contributed by atoms with E-state index in [0.29, 0.717) is 17.1 Å². The minimum Gasteiger partial charge on any atom is -0.464 e. The molecular weight excluding hydrogens is 348 g/mol. The van der Waals surface area contributed by atoms with Gasteiger partial charge in [0.15, 0.2) is 0 Å². The van der Waals surface area contributed by atoms with E-state index < -0.39 is 0 Å². The van der Waals surface area contributed by atoms with Gasteiger partial charge in [-0.2, -0.15) is 0 Å². The summed E-state index contributed by atoms with van der Waals surface area (Å²) in [5.74, 6) is -0.133. The topological polar surface area (TPSA) is 55.1 Å². The fourth-order valence-electron chi connectivity index (χ4n) is 2.84. The molecule has 0 bridgehead atoms. The first-order valence-corrected chi connectivity index (χ1v) is 8.54. The van der Waals surface area contributed by atoms with Crippen molar-refractivity contribution in [3.05, 3.63) is 89.3 Å². The Morgan fingerprint density at radius 1 is 1.08 bits per heavy atom. The lowest BCUT2D eigenvalue weighted by Crippen LogP contribution is -2.22. The van der Waals surface area contributed by atoms with Crippen LogP contribution in [-0.4, -0.2) is 10.9 Å². The zero-order valence-electron chi connectivity index (χ0n) is 13.8. The second-order valence-electron chi connectivity index (χ2n) is 5.88. The quantitative estimate of drug-likeness (QED) is 0.551. The Balaban J connectivity index is 1.50. The minimum absolute atomic E-state index is 0.133. The summed E-state index contributed by atoms with van der Waals surface area (Å²) in [5.41, 5.74) is 4.11. The number of carbonyl (C=O) groups is 1. The van der Waals surface area contributed by atoms with E-state index in [2.05, 4.69) is 10.3 Å². The van der Waals surface area contributed by atoms with Crippen LogP contribution in [0.2, 0.25) is 5.02 Å². The molecule has 0 radical (unpaired) electrons. The smallest absolute Gasteiger partial charge is 0.251 e. The van der Waals surface area contributed by atoms with Gasteiger partial charge in [-0.05, 0) is 42.0 Å². The van der Waals surface area contributed by atoms with Crippen molar-refractivity contribution in [2.24, 2.45) is 0 Å². The van der Waals surface area contributed by atoms with E-state index in [4.69, 9.17) is 16.0 Å². The Kier molecular flexibility index (Phi) is 4.42.